The first-order chi connectivity index (χ1) is 33.4. The van der Waals surface area contributed by atoms with Crippen LogP contribution in [-0.4, -0.2) is 117 Å². The molecule has 2 unspecified atom stereocenters. The number of halogens is 1. The van der Waals surface area contributed by atoms with Gasteiger partial charge in [-0.25, -0.2) is 35.9 Å². The number of nitrogens with zero attached hydrogens (tertiary/aromatic N) is 11. The van der Waals surface area contributed by atoms with E-state index in [4.69, 9.17) is 67.3 Å². The lowest BCUT2D eigenvalue weighted by atomic mass is 9.70. The minimum absolute atomic E-state index is 0.0110. The quantitative estimate of drug-likeness (QED) is 0.0472. The Labute approximate surface area is 400 Å². The number of hydrogen-bond acceptors (Lipinski definition) is 18. The summed E-state index contributed by atoms with van der Waals surface area (Å²) in [4.78, 5) is 65.0. The van der Waals surface area contributed by atoms with Crippen molar-refractivity contribution in [3.05, 3.63) is 119 Å². The lowest BCUT2D eigenvalue weighted by Crippen LogP contribution is -2.43. The highest BCUT2D eigenvalue weighted by molar-refractivity contribution is 8.07. The van der Waals surface area contributed by atoms with E-state index in [1.807, 2.05) is 4.57 Å². The van der Waals surface area contributed by atoms with Gasteiger partial charge in [0, 0.05) is 48.5 Å². The first kappa shape index (κ1) is 46.9. The van der Waals surface area contributed by atoms with Gasteiger partial charge in [0.15, 0.2) is 40.5 Å². The maximum atomic E-state index is 17.1. The zero-order valence-corrected chi connectivity index (χ0v) is 39.2. The van der Waals surface area contributed by atoms with E-state index >= 15 is 4.39 Å². The Morgan fingerprint density at radius 3 is 2.58 bits per heavy atom. The SMILES string of the molecule is [C-]#[N+]CCOP1(=S)OC[C@H]2C[C@@H](n3cnc4c(OCCc5ccc([N+](=O)[O-])cc5)nc5nccn5c43)[C@@H]2COP(O)(=S)OC[C@H]2O[C@@H](n3cnc4c(NC(=O)c5ccccc5)ncnc43)[C@H](F)[C@@H]2O1. The maximum absolute atomic E-state index is 17.1. The van der Waals surface area contributed by atoms with Crippen molar-refractivity contribution in [2.24, 2.45) is 11.8 Å². The number of ether oxygens (including phenoxy) is 2. The van der Waals surface area contributed by atoms with Crippen LogP contribution in [0.3, 0.4) is 0 Å². The molecule has 3 aliphatic rings. The number of non-ortho nitro benzene ring substituents is 1. The number of rotatable bonds is 12. The van der Waals surface area contributed by atoms with E-state index in [-0.39, 0.29) is 79.4 Å². The number of alkyl halides is 1. The van der Waals surface area contributed by atoms with Gasteiger partial charge in [0.05, 0.1) is 44.0 Å². The number of anilines is 1. The number of aromatic nitrogens is 9. The van der Waals surface area contributed by atoms with E-state index in [9.17, 15) is 19.8 Å². The summed E-state index contributed by atoms with van der Waals surface area (Å²) in [7, 11) is 0. The standard InChI is InChI=1S/C41H39FN12O11P2S2/c1-43-13-16-60-67(69)63-18-26-17-29(52-22-48-33-38(50-41-44-12-14-51(41)39(33)52)59-15-11-24-7-9-27(10-8-24)54(56)57)28(26)19-61-66(58,68)62-20-30-34(65-67)31(42)40(64-30)53-23-47-32-35(45-21-46-36(32)53)49-37(55)25-5-3-2-4-6-25/h2-10,12,14,21-23,26,28-31,34,40H,11,13,15-20H2,(H,58,68)(H,45,46,49,55)/t26-,28-,29-,30-,31-,34-,40-,66?,67?/m1/s1. The average molecular weight is 1020 g/mol. The highest BCUT2D eigenvalue weighted by atomic mass is 32.5. The van der Waals surface area contributed by atoms with E-state index < -0.39 is 55.5 Å². The molecule has 358 valence electrons. The Morgan fingerprint density at radius 2 is 1.78 bits per heavy atom. The Bertz CT molecular complexity index is 3200. The molecule has 3 fully saturated rings. The average Bonchev–Trinajstić information content (AvgIpc) is 4.15. The van der Waals surface area contributed by atoms with Crippen molar-refractivity contribution < 1.29 is 51.1 Å². The monoisotopic (exact) mass is 1020 g/mol. The highest BCUT2D eigenvalue weighted by Crippen LogP contribution is 2.58. The number of hydrogen-bond donors (Lipinski definition) is 2. The Balaban J connectivity index is 0.892. The summed E-state index contributed by atoms with van der Waals surface area (Å²) >= 11 is 11.4. The van der Waals surface area contributed by atoms with Crippen molar-refractivity contribution in [1.82, 2.24) is 43.4 Å². The third-order valence-electron chi connectivity index (χ3n) is 11.9. The molecular formula is C41H39FN12O11P2S2. The summed E-state index contributed by atoms with van der Waals surface area (Å²) in [6, 6.07) is 14.4. The Morgan fingerprint density at radius 1 is 1.00 bits per heavy atom. The van der Waals surface area contributed by atoms with Gasteiger partial charge in [-0.15, -0.1) is 0 Å². The zero-order valence-electron chi connectivity index (χ0n) is 35.8. The summed E-state index contributed by atoms with van der Waals surface area (Å²) in [5.41, 5.74) is 2.54. The second-order valence-corrected chi connectivity index (χ2v) is 21.9. The van der Waals surface area contributed by atoms with Crippen molar-refractivity contribution in [2.75, 3.05) is 44.9 Å². The van der Waals surface area contributed by atoms with Crippen LogP contribution in [-0.2, 0) is 57.4 Å². The topological polar surface area (TPSA) is 253 Å². The fraction of sp³-hybridized carbons (Fsp3) is 0.366. The van der Waals surface area contributed by atoms with Crippen LogP contribution in [0.15, 0.2) is 86.0 Å². The fourth-order valence-electron chi connectivity index (χ4n) is 8.46. The number of amides is 1. The summed E-state index contributed by atoms with van der Waals surface area (Å²) in [5, 5.41) is 13.8. The molecule has 2 aliphatic heterocycles. The van der Waals surface area contributed by atoms with Crippen LogP contribution in [0.4, 0.5) is 15.9 Å². The van der Waals surface area contributed by atoms with Gasteiger partial charge in [0.25, 0.3) is 11.6 Å². The molecule has 0 spiro atoms. The number of carbonyl (C=O) groups excluding carboxylic acids is 1. The normalized spacial score (nSPS) is 27.3. The van der Waals surface area contributed by atoms with Gasteiger partial charge in [-0.2, -0.15) is 4.98 Å². The third-order valence-corrected chi connectivity index (χ3v) is 15.9. The minimum atomic E-state index is -4.03. The van der Waals surface area contributed by atoms with Crippen molar-refractivity contribution in [3.63, 3.8) is 0 Å². The molecule has 1 aliphatic carbocycles. The highest BCUT2D eigenvalue weighted by Gasteiger charge is 2.52. The van der Waals surface area contributed by atoms with E-state index in [1.54, 1.807) is 65.6 Å². The molecule has 2 aromatic carbocycles. The smallest absolute Gasteiger partial charge is 0.327 e. The molecule has 7 heterocycles. The van der Waals surface area contributed by atoms with Crippen LogP contribution in [0, 0.1) is 28.5 Å². The van der Waals surface area contributed by atoms with Crippen molar-refractivity contribution >= 4 is 82.6 Å². The van der Waals surface area contributed by atoms with Gasteiger partial charge in [-0.1, -0.05) is 30.3 Å². The Hall–Kier alpha value is -5.81. The van der Waals surface area contributed by atoms with Crippen LogP contribution in [0.2, 0.25) is 0 Å². The molecule has 28 heteroatoms. The van der Waals surface area contributed by atoms with Crippen molar-refractivity contribution in [3.8, 4) is 5.88 Å². The van der Waals surface area contributed by atoms with Gasteiger partial charge in [-0.05, 0) is 53.6 Å². The van der Waals surface area contributed by atoms with Crippen LogP contribution >= 0.6 is 13.4 Å². The summed E-state index contributed by atoms with van der Waals surface area (Å²) in [6.45, 7) is -1.26. The number of carbonyl (C=O) groups is 1. The maximum Gasteiger partial charge on any atom is 0.327 e. The number of nitro groups is 1. The van der Waals surface area contributed by atoms with Gasteiger partial charge in [0.2, 0.25) is 18.2 Å². The first-order valence-corrected chi connectivity index (χ1v) is 26.4. The number of nitrogens with one attached hydrogen (secondary N) is 1. The second kappa shape index (κ2) is 19.5. The lowest BCUT2D eigenvalue weighted by molar-refractivity contribution is -0.384. The molecule has 1 amide bonds. The summed E-state index contributed by atoms with van der Waals surface area (Å²) in [6.07, 6.45) is 2.17. The van der Waals surface area contributed by atoms with Gasteiger partial charge >= 0.3 is 13.4 Å². The molecule has 2 N–H and O–H groups in total. The van der Waals surface area contributed by atoms with Gasteiger partial charge in [0.1, 0.15) is 25.1 Å². The van der Waals surface area contributed by atoms with Crippen LogP contribution < -0.4 is 10.1 Å². The van der Waals surface area contributed by atoms with Gasteiger partial charge in [-0.3, -0.25) is 28.4 Å². The second-order valence-electron chi connectivity index (χ2n) is 16.1. The van der Waals surface area contributed by atoms with E-state index in [1.165, 1.54) is 29.4 Å². The molecule has 2 saturated heterocycles. The summed E-state index contributed by atoms with van der Waals surface area (Å²) in [5.74, 6) is -0.472. The summed E-state index contributed by atoms with van der Waals surface area (Å²) < 4.78 is 65.0. The molecule has 7 aromatic rings. The third kappa shape index (κ3) is 9.60. The first-order valence-electron chi connectivity index (χ1n) is 21.3. The van der Waals surface area contributed by atoms with E-state index in [0.29, 0.717) is 35.3 Å². The predicted molar refractivity (Wildman–Crippen MR) is 249 cm³/mol. The van der Waals surface area contributed by atoms with Crippen LogP contribution in [0.1, 0.15) is 34.6 Å². The number of nitro benzene ring substituents is 1. The minimum Gasteiger partial charge on any atom is -0.476 e. The van der Waals surface area contributed by atoms with Gasteiger partial charge < -0.3 is 47.2 Å². The predicted octanol–water partition coefficient (Wildman–Crippen LogP) is 5.94. The van der Waals surface area contributed by atoms with E-state index in [2.05, 4.69) is 35.1 Å². The number of imidazole rings is 3. The molecule has 9 atom stereocenters. The van der Waals surface area contributed by atoms with Crippen LogP contribution in [0.25, 0.3) is 33.0 Å². The number of benzene rings is 2. The molecular weight excluding hydrogens is 982 g/mol. The zero-order chi connectivity index (χ0) is 47.9. The molecule has 0 radical (unpaired) electrons. The molecule has 10 rings (SSSR count). The van der Waals surface area contributed by atoms with Crippen LogP contribution in [0.5, 0.6) is 5.88 Å². The van der Waals surface area contributed by atoms with Crippen molar-refractivity contribution in [2.45, 2.75) is 43.5 Å². The largest absolute Gasteiger partial charge is 0.476 e. The molecule has 5 aromatic heterocycles. The lowest BCUT2D eigenvalue weighted by Gasteiger charge is -2.45. The van der Waals surface area contributed by atoms with E-state index in [0.717, 1.165) is 5.56 Å². The Kier molecular flexibility index (Phi) is 13.3. The molecule has 1 saturated carbocycles. The number of fused-ring (bicyclic) bond motifs is 6. The fourth-order valence-corrected chi connectivity index (χ4v) is 11.7. The molecule has 0 bridgehead atoms. The molecule has 69 heavy (non-hydrogen) atoms. The molecule has 23 nitrogen and oxygen atoms in total. The van der Waals surface area contributed by atoms with Crippen molar-refractivity contribution in [1.29, 1.82) is 0 Å².